The Kier molecular flexibility index (Phi) is 6.54. The summed E-state index contributed by atoms with van der Waals surface area (Å²) in [7, 11) is 0. The van der Waals surface area contributed by atoms with E-state index in [2.05, 4.69) is 33.9 Å². The number of pyridine rings is 1. The van der Waals surface area contributed by atoms with Crippen LogP contribution in [-0.4, -0.2) is 18.2 Å². The summed E-state index contributed by atoms with van der Waals surface area (Å²) >= 11 is 3.49. The van der Waals surface area contributed by atoms with E-state index in [0.717, 1.165) is 41.8 Å². The van der Waals surface area contributed by atoms with Crippen LogP contribution in [0.1, 0.15) is 24.5 Å². The summed E-state index contributed by atoms with van der Waals surface area (Å²) in [5.41, 5.74) is 2.31. The van der Waals surface area contributed by atoms with Crippen molar-refractivity contribution in [3.05, 3.63) is 53.9 Å². The first-order chi connectivity index (χ1) is 10.3. The monoisotopic (exact) mass is 349 g/mol. The van der Waals surface area contributed by atoms with Gasteiger partial charge in [-0.15, -0.1) is 0 Å². The van der Waals surface area contributed by atoms with E-state index in [0.29, 0.717) is 6.61 Å². The second-order valence-electron chi connectivity index (χ2n) is 4.71. The number of rotatable bonds is 8. The molecule has 2 aromatic rings. The number of halogens is 1. The lowest BCUT2D eigenvalue weighted by Gasteiger charge is -2.12. The van der Waals surface area contributed by atoms with Gasteiger partial charge in [0.15, 0.2) is 0 Å². The van der Waals surface area contributed by atoms with Crippen molar-refractivity contribution in [3.8, 4) is 11.5 Å². The molecule has 0 unspecified atom stereocenters. The third-order valence-corrected chi connectivity index (χ3v) is 3.63. The SMILES string of the molecule is CCCOc1ccc(CBr)c(OCCc2cccnc2)c1. The first-order valence-electron chi connectivity index (χ1n) is 7.17. The van der Waals surface area contributed by atoms with Crippen LogP contribution in [0.15, 0.2) is 42.7 Å². The van der Waals surface area contributed by atoms with Crippen molar-refractivity contribution in [3.63, 3.8) is 0 Å². The third kappa shape index (κ3) is 5.05. The average Bonchev–Trinajstić information content (AvgIpc) is 2.54. The van der Waals surface area contributed by atoms with Crippen LogP contribution in [0.3, 0.4) is 0 Å². The molecule has 1 heterocycles. The Hall–Kier alpha value is -1.55. The van der Waals surface area contributed by atoms with Crippen molar-refractivity contribution in [1.82, 2.24) is 4.98 Å². The molecular formula is C17H20BrNO2. The first kappa shape index (κ1) is 15.8. The van der Waals surface area contributed by atoms with Crippen LogP contribution < -0.4 is 9.47 Å². The van der Waals surface area contributed by atoms with Crippen LogP contribution in [-0.2, 0) is 11.8 Å². The molecule has 0 fully saturated rings. The van der Waals surface area contributed by atoms with Gasteiger partial charge in [0, 0.05) is 35.8 Å². The van der Waals surface area contributed by atoms with Gasteiger partial charge in [0.1, 0.15) is 11.5 Å². The van der Waals surface area contributed by atoms with Crippen LogP contribution in [0.25, 0.3) is 0 Å². The summed E-state index contributed by atoms with van der Waals surface area (Å²) < 4.78 is 11.6. The van der Waals surface area contributed by atoms with Crippen molar-refractivity contribution in [2.45, 2.75) is 25.1 Å². The summed E-state index contributed by atoms with van der Waals surface area (Å²) in [4.78, 5) is 4.11. The maximum atomic E-state index is 5.91. The predicted molar refractivity (Wildman–Crippen MR) is 88.3 cm³/mol. The fraction of sp³-hybridized carbons (Fsp3) is 0.353. The van der Waals surface area contributed by atoms with E-state index in [1.165, 1.54) is 5.56 Å². The van der Waals surface area contributed by atoms with Gasteiger partial charge < -0.3 is 9.47 Å². The minimum absolute atomic E-state index is 0.628. The van der Waals surface area contributed by atoms with Gasteiger partial charge >= 0.3 is 0 Å². The quantitative estimate of drug-likeness (QED) is 0.662. The fourth-order valence-corrected chi connectivity index (χ4v) is 2.38. The molecule has 112 valence electrons. The molecule has 0 saturated carbocycles. The van der Waals surface area contributed by atoms with Gasteiger partial charge in [-0.25, -0.2) is 0 Å². The van der Waals surface area contributed by atoms with Gasteiger partial charge in [0.25, 0.3) is 0 Å². The minimum atomic E-state index is 0.628. The maximum Gasteiger partial charge on any atom is 0.127 e. The average molecular weight is 350 g/mol. The number of hydrogen-bond acceptors (Lipinski definition) is 3. The standard InChI is InChI=1S/C17H20BrNO2/c1-2-9-20-16-6-5-15(12-18)17(11-16)21-10-7-14-4-3-8-19-13-14/h3-6,8,11,13H,2,7,9-10,12H2,1H3. The molecule has 1 aromatic heterocycles. The summed E-state index contributed by atoms with van der Waals surface area (Å²) in [6.45, 7) is 3.45. The Morgan fingerprint density at radius 3 is 2.76 bits per heavy atom. The van der Waals surface area contributed by atoms with Crippen LogP contribution in [0.2, 0.25) is 0 Å². The molecule has 0 spiro atoms. The van der Waals surface area contributed by atoms with Gasteiger partial charge in [0.05, 0.1) is 13.2 Å². The van der Waals surface area contributed by atoms with Crippen molar-refractivity contribution < 1.29 is 9.47 Å². The zero-order valence-electron chi connectivity index (χ0n) is 12.2. The lowest BCUT2D eigenvalue weighted by molar-refractivity contribution is 0.302. The van der Waals surface area contributed by atoms with Crippen molar-refractivity contribution in [1.29, 1.82) is 0 Å². The zero-order valence-corrected chi connectivity index (χ0v) is 13.8. The number of alkyl halides is 1. The van der Waals surface area contributed by atoms with Crippen LogP contribution in [0.5, 0.6) is 11.5 Å². The molecule has 0 amide bonds. The topological polar surface area (TPSA) is 31.4 Å². The number of aromatic nitrogens is 1. The highest BCUT2D eigenvalue weighted by molar-refractivity contribution is 9.08. The Morgan fingerprint density at radius 1 is 1.14 bits per heavy atom. The molecule has 4 heteroatoms. The van der Waals surface area contributed by atoms with Gasteiger partial charge in [-0.05, 0) is 24.1 Å². The highest BCUT2D eigenvalue weighted by Crippen LogP contribution is 2.27. The molecule has 21 heavy (non-hydrogen) atoms. The second-order valence-corrected chi connectivity index (χ2v) is 5.27. The number of hydrogen-bond donors (Lipinski definition) is 0. The molecular weight excluding hydrogens is 330 g/mol. The van der Waals surface area contributed by atoms with E-state index >= 15 is 0 Å². The van der Waals surface area contributed by atoms with Crippen molar-refractivity contribution in [2.75, 3.05) is 13.2 Å². The van der Waals surface area contributed by atoms with E-state index in [-0.39, 0.29) is 0 Å². The van der Waals surface area contributed by atoms with E-state index in [1.54, 1.807) is 6.20 Å². The largest absolute Gasteiger partial charge is 0.493 e. The van der Waals surface area contributed by atoms with Gasteiger partial charge in [-0.3, -0.25) is 4.98 Å². The molecule has 1 aromatic carbocycles. The third-order valence-electron chi connectivity index (χ3n) is 3.03. The molecule has 0 atom stereocenters. The van der Waals surface area contributed by atoms with Crippen LogP contribution in [0.4, 0.5) is 0 Å². The number of ether oxygens (including phenoxy) is 2. The molecule has 0 N–H and O–H groups in total. The number of nitrogens with zero attached hydrogens (tertiary/aromatic N) is 1. The highest BCUT2D eigenvalue weighted by atomic mass is 79.9. The van der Waals surface area contributed by atoms with E-state index < -0.39 is 0 Å². The Balaban J connectivity index is 1.96. The lowest BCUT2D eigenvalue weighted by Crippen LogP contribution is -2.04. The second kappa shape index (κ2) is 8.67. The smallest absolute Gasteiger partial charge is 0.127 e. The summed E-state index contributed by atoms with van der Waals surface area (Å²) in [6, 6.07) is 10.00. The lowest BCUT2D eigenvalue weighted by atomic mass is 10.2. The summed E-state index contributed by atoms with van der Waals surface area (Å²) in [5, 5.41) is 0.767. The Morgan fingerprint density at radius 2 is 2.05 bits per heavy atom. The van der Waals surface area contributed by atoms with E-state index in [1.807, 2.05) is 30.5 Å². The summed E-state index contributed by atoms with van der Waals surface area (Å²) in [6.07, 6.45) is 5.49. The molecule has 0 aliphatic rings. The highest BCUT2D eigenvalue weighted by Gasteiger charge is 2.05. The first-order valence-corrected chi connectivity index (χ1v) is 8.29. The van der Waals surface area contributed by atoms with Gasteiger partial charge in [0.2, 0.25) is 0 Å². The molecule has 0 aliphatic heterocycles. The van der Waals surface area contributed by atoms with Gasteiger partial charge in [-0.1, -0.05) is 35.0 Å². The summed E-state index contributed by atoms with van der Waals surface area (Å²) in [5.74, 6) is 1.74. The van der Waals surface area contributed by atoms with Crippen LogP contribution in [0, 0.1) is 0 Å². The number of benzene rings is 1. The van der Waals surface area contributed by atoms with Crippen LogP contribution >= 0.6 is 15.9 Å². The van der Waals surface area contributed by atoms with E-state index in [4.69, 9.17) is 9.47 Å². The van der Waals surface area contributed by atoms with Gasteiger partial charge in [-0.2, -0.15) is 0 Å². The molecule has 0 aliphatic carbocycles. The maximum absolute atomic E-state index is 5.91. The Labute approximate surface area is 134 Å². The molecule has 3 nitrogen and oxygen atoms in total. The molecule has 0 bridgehead atoms. The fourth-order valence-electron chi connectivity index (χ4n) is 1.91. The predicted octanol–water partition coefficient (Wildman–Crippen LogP) is 4.39. The molecule has 2 rings (SSSR count). The normalized spacial score (nSPS) is 10.4. The van der Waals surface area contributed by atoms with Crippen molar-refractivity contribution in [2.24, 2.45) is 0 Å². The Bertz CT molecular complexity index is 546. The van der Waals surface area contributed by atoms with E-state index in [9.17, 15) is 0 Å². The zero-order chi connectivity index (χ0) is 14.9. The van der Waals surface area contributed by atoms with Crippen molar-refractivity contribution >= 4 is 15.9 Å². The molecule has 0 saturated heterocycles. The molecule has 0 radical (unpaired) electrons. The minimum Gasteiger partial charge on any atom is -0.493 e.